The van der Waals surface area contributed by atoms with Crippen molar-refractivity contribution >= 4 is 39.7 Å². The quantitative estimate of drug-likeness (QED) is 0.0913. The molecule has 4 aromatic rings. The molecular formula is C34H32N2O6S. The number of ether oxygens (including phenoxy) is 2. The van der Waals surface area contributed by atoms with Gasteiger partial charge in [0.05, 0.1) is 28.8 Å². The van der Waals surface area contributed by atoms with Gasteiger partial charge in [0, 0.05) is 12.5 Å². The van der Waals surface area contributed by atoms with Gasteiger partial charge < -0.3 is 14.6 Å². The Morgan fingerprint density at radius 2 is 1.60 bits per heavy atom. The molecule has 1 N–H and O–H groups in total. The molecule has 1 atom stereocenters. The Balaban J connectivity index is 1.53. The Hall–Kier alpha value is -4.76. The molecule has 0 spiro atoms. The molecule has 43 heavy (non-hydrogen) atoms. The van der Waals surface area contributed by atoms with E-state index in [2.05, 4.69) is 4.98 Å². The molecule has 2 heterocycles. The van der Waals surface area contributed by atoms with Crippen molar-refractivity contribution in [1.29, 1.82) is 0 Å². The maximum Gasteiger partial charge on any atom is 0.301 e. The molecule has 5 rings (SSSR count). The van der Waals surface area contributed by atoms with Gasteiger partial charge in [-0.15, -0.1) is 0 Å². The number of aryl methyl sites for hydroxylation is 2. The van der Waals surface area contributed by atoms with Crippen LogP contribution in [0.25, 0.3) is 5.76 Å². The average Bonchev–Trinajstić information content (AvgIpc) is 3.52. The number of carbonyl (C=O) groups excluding carboxylic acids is 3. The molecule has 0 saturated carbocycles. The van der Waals surface area contributed by atoms with E-state index < -0.39 is 17.7 Å². The third kappa shape index (κ3) is 6.08. The molecule has 1 unspecified atom stereocenters. The predicted octanol–water partition coefficient (Wildman–Crippen LogP) is 6.96. The van der Waals surface area contributed by atoms with Crippen molar-refractivity contribution in [3.05, 3.63) is 111 Å². The highest BCUT2D eigenvalue weighted by Crippen LogP contribution is 2.44. The first-order valence-electron chi connectivity index (χ1n) is 14.0. The van der Waals surface area contributed by atoms with Crippen molar-refractivity contribution in [2.24, 2.45) is 0 Å². The normalized spacial score (nSPS) is 16.0. The van der Waals surface area contributed by atoms with Gasteiger partial charge in [-0.3, -0.25) is 19.3 Å². The van der Waals surface area contributed by atoms with Gasteiger partial charge in [0.2, 0.25) is 0 Å². The Kier molecular flexibility index (Phi) is 8.73. The maximum atomic E-state index is 13.5. The van der Waals surface area contributed by atoms with Crippen molar-refractivity contribution in [3.8, 4) is 11.5 Å². The van der Waals surface area contributed by atoms with E-state index in [-0.39, 0.29) is 22.2 Å². The van der Waals surface area contributed by atoms with Crippen LogP contribution < -0.4 is 14.4 Å². The summed E-state index contributed by atoms with van der Waals surface area (Å²) in [4.78, 5) is 45.3. The number of anilines is 1. The van der Waals surface area contributed by atoms with E-state index in [1.165, 1.54) is 11.8 Å². The maximum absolute atomic E-state index is 13.5. The smallest absolute Gasteiger partial charge is 0.301 e. The second-order valence-corrected chi connectivity index (χ2v) is 11.3. The molecule has 1 saturated heterocycles. The first-order chi connectivity index (χ1) is 20.7. The highest BCUT2D eigenvalue weighted by molar-refractivity contribution is 7.18. The number of Topliss-reactive ketones (excluding diaryl/α,β-unsaturated/α-hetero) is 2. The summed E-state index contributed by atoms with van der Waals surface area (Å²) in [5, 5.41) is 11.7. The van der Waals surface area contributed by atoms with Gasteiger partial charge >= 0.3 is 5.91 Å². The minimum absolute atomic E-state index is 0.0713. The third-order valence-electron chi connectivity index (χ3n) is 7.21. The number of hydrogen-bond donors (Lipinski definition) is 1. The van der Waals surface area contributed by atoms with E-state index in [1.807, 2.05) is 38.1 Å². The lowest BCUT2D eigenvalue weighted by Gasteiger charge is -2.23. The summed E-state index contributed by atoms with van der Waals surface area (Å²) in [7, 11) is 0. The number of benzene rings is 3. The Labute approximate surface area is 254 Å². The van der Waals surface area contributed by atoms with Crippen LogP contribution in [0, 0.1) is 13.8 Å². The number of rotatable bonds is 10. The second kappa shape index (κ2) is 12.6. The van der Waals surface area contributed by atoms with E-state index in [4.69, 9.17) is 9.47 Å². The highest BCUT2D eigenvalue weighted by Gasteiger charge is 2.48. The molecule has 3 aromatic carbocycles. The lowest BCUT2D eigenvalue weighted by atomic mass is 9.95. The molecule has 8 nitrogen and oxygen atoms in total. The molecule has 1 aromatic heterocycles. The molecule has 220 valence electrons. The van der Waals surface area contributed by atoms with Gasteiger partial charge in [0.25, 0.3) is 5.78 Å². The SMILES string of the molecule is CCCOc1ccc(C2/C(=C(\O)c3ccc(OCc4ccccc4C)cc3)C(=O)C(=O)N2c2nc(C)c(C(C)=O)s2)cc1. The highest BCUT2D eigenvalue weighted by atomic mass is 32.1. The van der Waals surface area contributed by atoms with Crippen LogP contribution in [0.2, 0.25) is 0 Å². The summed E-state index contributed by atoms with van der Waals surface area (Å²) in [5.41, 5.74) is 3.52. The van der Waals surface area contributed by atoms with E-state index in [0.29, 0.717) is 46.4 Å². The van der Waals surface area contributed by atoms with Gasteiger partial charge in [0.1, 0.15) is 23.9 Å². The van der Waals surface area contributed by atoms with E-state index in [1.54, 1.807) is 55.5 Å². The van der Waals surface area contributed by atoms with E-state index in [0.717, 1.165) is 28.9 Å². The van der Waals surface area contributed by atoms with Crippen LogP contribution in [-0.2, 0) is 16.2 Å². The van der Waals surface area contributed by atoms with Gasteiger partial charge in [-0.25, -0.2) is 4.98 Å². The number of ketones is 2. The first kappa shape index (κ1) is 29.7. The summed E-state index contributed by atoms with van der Waals surface area (Å²) in [6.45, 7) is 8.08. The molecule has 1 aliphatic heterocycles. The fraction of sp³-hybridized carbons (Fsp3) is 0.235. The molecular weight excluding hydrogens is 564 g/mol. The Morgan fingerprint density at radius 3 is 2.23 bits per heavy atom. The van der Waals surface area contributed by atoms with Gasteiger partial charge in [-0.1, -0.05) is 54.7 Å². The third-order valence-corrected chi connectivity index (χ3v) is 8.47. The number of aliphatic hydroxyl groups is 1. The van der Waals surface area contributed by atoms with Crippen molar-refractivity contribution in [2.75, 3.05) is 11.5 Å². The topological polar surface area (TPSA) is 106 Å². The zero-order chi connectivity index (χ0) is 30.7. The number of carbonyl (C=O) groups is 3. The number of thiazole rings is 1. The van der Waals surface area contributed by atoms with Crippen LogP contribution >= 0.6 is 11.3 Å². The van der Waals surface area contributed by atoms with Crippen molar-refractivity contribution < 1.29 is 29.0 Å². The lowest BCUT2D eigenvalue weighted by Crippen LogP contribution is -2.29. The zero-order valence-electron chi connectivity index (χ0n) is 24.4. The summed E-state index contributed by atoms with van der Waals surface area (Å²) < 4.78 is 11.6. The molecule has 9 heteroatoms. The molecule has 1 aliphatic rings. The number of hydrogen-bond acceptors (Lipinski definition) is 8. The van der Waals surface area contributed by atoms with Crippen molar-refractivity contribution in [2.45, 2.75) is 46.8 Å². The fourth-order valence-corrected chi connectivity index (χ4v) is 5.91. The van der Waals surface area contributed by atoms with Crippen LogP contribution in [0.3, 0.4) is 0 Å². The van der Waals surface area contributed by atoms with Gasteiger partial charge in [-0.2, -0.15) is 0 Å². The summed E-state index contributed by atoms with van der Waals surface area (Å²) in [5.74, 6) is -0.938. The lowest BCUT2D eigenvalue weighted by molar-refractivity contribution is -0.132. The number of nitrogens with zero attached hydrogens (tertiary/aromatic N) is 2. The molecule has 0 bridgehead atoms. The second-order valence-electron chi connectivity index (χ2n) is 10.3. The largest absolute Gasteiger partial charge is 0.507 e. The molecule has 1 amide bonds. The van der Waals surface area contributed by atoms with E-state index in [9.17, 15) is 19.5 Å². The number of aliphatic hydroxyl groups excluding tert-OH is 1. The van der Waals surface area contributed by atoms with Crippen LogP contribution in [0.15, 0.2) is 78.4 Å². The van der Waals surface area contributed by atoms with Gasteiger partial charge in [-0.05, 0) is 73.4 Å². The summed E-state index contributed by atoms with van der Waals surface area (Å²) >= 11 is 1.05. The monoisotopic (exact) mass is 596 g/mol. The van der Waals surface area contributed by atoms with Crippen molar-refractivity contribution in [1.82, 2.24) is 4.98 Å². The zero-order valence-corrected chi connectivity index (χ0v) is 25.2. The summed E-state index contributed by atoms with van der Waals surface area (Å²) in [6, 6.07) is 20.7. The van der Waals surface area contributed by atoms with Crippen LogP contribution in [0.4, 0.5) is 5.13 Å². The number of aromatic nitrogens is 1. The van der Waals surface area contributed by atoms with Crippen LogP contribution in [0.1, 0.15) is 63.9 Å². The summed E-state index contributed by atoms with van der Waals surface area (Å²) in [6.07, 6.45) is 0.847. The Morgan fingerprint density at radius 1 is 0.953 bits per heavy atom. The molecule has 1 fully saturated rings. The molecule has 0 radical (unpaired) electrons. The predicted molar refractivity (Wildman–Crippen MR) is 166 cm³/mol. The minimum Gasteiger partial charge on any atom is -0.507 e. The van der Waals surface area contributed by atoms with Crippen LogP contribution in [-0.4, -0.2) is 34.2 Å². The van der Waals surface area contributed by atoms with E-state index >= 15 is 0 Å². The first-order valence-corrected chi connectivity index (χ1v) is 14.8. The minimum atomic E-state index is -0.970. The van der Waals surface area contributed by atoms with Crippen LogP contribution in [0.5, 0.6) is 11.5 Å². The average molecular weight is 597 g/mol. The van der Waals surface area contributed by atoms with Gasteiger partial charge in [0.15, 0.2) is 10.9 Å². The fourth-order valence-electron chi connectivity index (χ4n) is 4.92. The standard InChI is InChI=1S/C34H32N2O6S/c1-5-18-41-26-14-10-23(11-15-26)29-28(31(39)33(40)36(29)34-35-21(3)32(43-34)22(4)37)30(38)24-12-16-27(17-13-24)42-19-25-9-7-6-8-20(25)2/h6-17,29,38H,5,18-19H2,1-4H3/b30-28+. The van der Waals surface area contributed by atoms with Crippen molar-refractivity contribution in [3.63, 3.8) is 0 Å². The Bertz CT molecular complexity index is 1710. The number of amides is 1. The molecule has 0 aliphatic carbocycles.